The highest BCUT2D eigenvalue weighted by Crippen LogP contribution is 2.30. The van der Waals surface area contributed by atoms with Crippen LogP contribution in [0.25, 0.3) is 0 Å². The van der Waals surface area contributed by atoms with Gasteiger partial charge in [-0.2, -0.15) is 13.2 Å². The molecule has 0 heterocycles. The lowest BCUT2D eigenvalue weighted by molar-refractivity contribution is -0.137. The molecular weight excluding hydrogens is 219 g/mol. The molecule has 0 aliphatic carbocycles. The minimum Gasteiger partial charge on any atom is -0.374 e. The van der Waals surface area contributed by atoms with Crippen LogP contribution in [0.4, 0.5) is 13.2 Å². The summed E-state index contributed by atoms with van der Waals surface area (Å²) in [5.74, 6) is 0. The predicted octanol–water partition coefficient (Wildman–Crippen LogP) is 2.70. The molecule has 0 amide bonds. The van der Waals surface area contributed by atoms with E-state index in [1.807, 2.05) is 6.92 Å². The zero-order valence-corrected chi connectivity index (χ0v) is 8.88. The van der Waals surface area contributed by atoms with E-state index in [1.54, 1.807) is 0 Å². The molecule has 1 aromatic carbocycles. The topological polar surface area (TPSA) is 32.3 Å². The SMILES string of the molecule is CCCNC(O)c1cccc(C(F)(F)F)c1. The molecule has 0 fully saturated rings. The van der Waals surface area contributed by atoms with Gasteiger partial charge in [0.1, 0.15) is 6.23 Å². The Morgan fingerprint density at radius 3 is 2.62 bits per heavy atom. The summed E-state index contributed by atoms with van der Waals surface area (Å²) >= 11 is 0. The van der Waals surface area contributed by atoms with Crippen LogP contribution in [0.1, 0.15) is 30.7 Å². The molecule has 1 rings (SSSR count). The number of hydrogen-bond acceptors (Lipinski definition) is 2. The first kappa shape index (κ1) is 13.0. The minimum atomic E-state index is -4.37. The van der Waals surface area contributed by atoms with Crippen molar-refractivity contribution in [2.45, 2.75) is 25.7 Å². The summed E-state index contributed by atoms with van der Waals surface area (Å²) in [4.78, 5) is 0. The fourth-order valence-electron chi connectivity index (χ4n) is 1.28. The van der Waals surface area contributed by atoms with Crippen LogP contribution in [0.5, 0.6) is 0 Å². The van der Waals surface area contributed by atoms with Gasteiger partial charge < -0.3 is 5.11 Å². The molecule has 1 unspecified atom stereocenters. The molecule has 5 heteroatoms. The third-order valence-electron chi connectivity index (χ3n) is 2.12. The number of aliphatic hydroxyl groups is 1. The van der Waals surface area contributed by atoms with Crippen LogP contribution in [0.3, 0.4) is 0 Å². The fourth-order valence-corrected chi connectivity index (χ4v) is 1.28. The van der Waals surface area contributed by atoms with Crippen LogP contribution in [0, 0.1) is 0 Å². The average molecular weight is 233 g/mol. The second-order valence-corrected chi connectivity index (χ2v) is 3.48. The van der Waals surface area contributed by atoms with E-state index in [2.05, 4.69) is 5.32 Å². The second-order valence-electron chi connectivity index (χ2n) is 3.48. The van der Waals surface area contributed by atoms with Gasteiger partial charge in [0.2, 0.25) is 0 Å². The van der Waals surface area contributed by atoms with Crippen LogP contribution in [0.2, 0.25) is 0 Å². The number of alkyl halides is 3. The van der Waals surface area contributed by atoms with E-state index >= 15 is 0 Å². The van der Waals surface area contributed by atoms with Gasteiger partial charge in [0.15, 0.2) is 0 Å². The fraction of sp³-hybridized carbons (Fsp3) is 0.455. The van der Waals surface area contributed by atoms with Gasteiger partial charge in [-0.3, -0.25) is 5.32 Å². The van der Waals surface area contributed by atoms with Gasteiger partial charge in [0.25, 0.3) is 0 Å². The van der Waals surface area contributed by atoms with Crippen molar-refractivity contribution in [2.24, 2.45) is 0 Å². The minimum absolute atomic E-state index is 0.225. The Hall–Kier alpha value is -1.07. The molecule has 16 heavy (non-hydrogen) atoms. The summed E-state index contributed by atoms with van der Waals surface area (Å²) in [6.45, 7) is 2.46. The predicted molar refractivity (Wildman–Crippen MR) is 54.7 cm³/mol. The van der Waals surface area contributed by atoms with E-state index in [-0.39, 0.29) is 5.56 Å². The normalized spacial score (nSPS) is 13.8. The van der Waals surface area contributed by atoms with Gasteiger partial charge in [0.05, 0.1) is 5.56 Å². The van der Waals surface area contributed by atoms with E-state index in [0.29, 0.717) is 6.54 Å². The van der Waals surface area contributed by atoms with E-state index in [0.717, 1.165) is 18.6 Å². The van der Waals surface area contributed by atoms with E-state index in [9.17, 15) is 18.3 Å². The molecule has 0 spiro atoms. The molecule has 0 aliphatic rings. The number of benzene rings is 1. The lowest BCUT2D eigenvalue weighted by Crippen LogP contribution is -2.22. The van der Waals surface area contributed by atoms with Crippen molar-refractivity contribution in [3.8, 4) is 0 Å². The number of rotatable bonds is 4. The Balaban J connectivity index is 2.82. The number of halogens is 3. The molecule has 0 bridgehead atoms. The first-order chi connectivity index (χ1) is 7.45. The molecule has 90 valence electrons. The summed E-state index contributed by atoms with van der Waals surface area (Å²) in [7, 11) is 0. The monoisotopic (exact) mass is 233 g/mol. The quantitative estimate of drug-likeness (QED) is 0.784. The maximum Gasteiger partial charge on any atom is 0.416 e. The highest BCUT2D eigenvalue weighted by atomic mass is 19.4. The summed E-state index contributed by atoms with van der Waals surface area (Å²) in [6, 6.07) is 4.68. The van der Waals surface area contributed by atoms with E-state index in [4.69, 9.17) is 0 Å². The number of hydrogen-bond donors (Lipinski definition) is 2. The third-order valence-corrected chi connectivity index (χ3v) is 2.12. The van der Waals surface area contributed by atoms with Crippen LogP contribution < -0.4 is 5.32 Å². The maximum absolute atomic E-state index is 12.4. The maximum atomic E-state index is 12.4. The molecule has 1 aromatic rings. The Kier molecular flexibility index (Phi) is 4.32. The van der Waals surface area contributed by atoms with Gasteiger partial charge in [-0.25, -0.2) is 0 Å². The van der Waals surface area contributed by atoms with Gasteiger partial charge >= 0.3 is 6.18 Å². The lowest BCUT2D eigenvalue weighted by atomic mass is 10.1. The summed E-state index contributed by atoms with van der Waals surface area (Å²) in [5, 5.41) is 12.3. The van der Waals surface area contributed by atoms with Gasteiger partial charge in [-0.1, -0.05) is 19.1 Å². The van der Waals surface area contributed by atoms with Gasteiger partial charge in [-0.15, -0.1) is 0 Å². The molecule has 0 aromatic heterocycles. The molecular formula is C11H14F3NO. The standard InChI is InChI=1S/C11H14F3NO/c1-2-6-15-10(16)8-4-3-5-9(7-8)11(12,13)14/h3-5,7,10,15-16H,2,6H2,1H3. The molecule has 1 atom stereocenters. The van der Waals surface area contributed by atoms with Crippen molar-refractivity contribution in [3.63, 3.8) is 0 Å². The van der Waals surface area contributed by atoms with Crippen molar-refractivity contribution in [1.82, 2.24) is 5.32 Å². The Bertz CT molecular complexity index is 338. The largest absolute Gasteiger partial charge is 0.416 e. The molecule has 2 nitrogen and oxygen atoms in total. The number of aliphatic hydroxyl groups excluding tert-OH is 1. The van der Waals surface area contributed by atoms with Crippen LogP contribution in [0.15, 0.2) is 24.3 Å². The second kappa shape index (κ2) is 5.32. The molecule has 0 saturated carbocycles. The van der Waals surface area contributed by atoms with Crippen molar-refractivity contribution < 1.29 is 18.3 Å². The third kappa shape index (κ3) is 3.50. The molecule has 2 N–H and O–H groups in total. The molecule has 0 radical (unpaired) electrons. The van der Waals surface area contributed by atoms with Gasteiger partial charge in [0, 0.05) is 0 Å². The smallest absolute Gasteiger partial charge is 0.374 e. The lowest BCUT2D eigenvalue weighted by Gasteiger charge is -2.14. The Labute approximate surface area is 92.1 Å². The van der Waals surface area contributed by atoms with Gasteiger partial charge in [-0.05, 0) is 30.7 Å². The first-order valence-corrected chi connectivity index (χ1v) is 5.03. The molecule has 0 saturated heterocycles. The highest BCUT2D eigenvalue weighted by Gasteiger charge is 2.30. The average Bonchev–Trinajstić information content (AvgIpc) is 2.25. The highest BCUT2D eigenvalue weighted by molar-refractivity contribution is 5.26. The Morgan fingerprint density at radius 1 is 1.38 bits per heavy atom. The summed E-state index contributed by atoms with van der Waals surface area (Å²) in [5.41, 5.74) is -0.523. The summed E-state index contributed by atoms with van der Waals surface area (Å²) in [6.07, 6.45) is -4.63. The number of nitrogens with one attached hydrogen (secondary N) is 1. The van der Waals surface area contributed by atoms with Crippen molar-refractivity contribution in [2.75, 3.05) is 6.54 Å². The van der Waals surface area contributed by atoms with Crippen molar-refractivity contribution in [1.29, 1.82) is 0 Å². The van der Waals surface area contributed by atoms with Crippen LogP contribution >= 0.6 is 0 Å². The van der Waals surface area contributed by atoms with E-state index in [1.165, 1.54) is 12.1 Å². The van der Waals surface area contributed by atoms with Crippen molar-refractivity contribution in [3.05, 3.63) is 35.4 Å². The zero-order chi connectivity index (χ0) is 12.2. The van der Waals surface area contributed by atoms with E-state index < -0.39 is 18.0 Å². The molecule has 0 aliphatic heterocycles. The van der Waals surface area contributed by atoms with Crippen LogP contribution in [-0.4, -0.2) is 11.7 Å². The first-order valence-electron chi connectivity index (χ1n) is 5.03. The van der Waals surface area contributed by atoms with Crippen LogP contribution in [-0.2, 0) is 6.18 Å². The Morgan fingerprint density at radius 2 is 2.06 bits per heavy atom. The zero-order valence-electron chi connectivity index (χ0n) is 8.88. The van der Waals surface area contributed by atoms with Crippen molar-refractivity contribution >= 4 is 0 Å². The summed E-state index contributed by atoms with van der Waals surface area (Å²) < 4.78 is 37.1.